The summed E-state index contributed by atoms with van der Waals surface area (Å²) in [7, 11) is 1.76. The summed E-state index contributed by atoms with van der Waals surface area (Å²) in [6.07, 6.45) is 13.0. The zero-order chi connectivity index (χ0) is 23.3. The maximum absolute atomic E-state index is 12.0. The molecule has 0 aromatic rings. The molecule has 4 saturated carbocycles. The van der Waals surface area contributed by atoms with E-state index in [0.717, 1.165) is 42.9 Å². The van der Waals surface area contributed by atoms with Crippen LogP contribution in [0.15, 0.2) is 0 Å². The molecule has 0 radical (unpaired) electrons. The van der Waals surface area contributed by atoms with Gasteiger partial charge in [0.05, 0.1) is 23.7 Å². The molecule has 0 bridgehead atoms. The van der Waals surface area contributed by atoms with Crippen LogP contribution in [0.3, 0.4) is 0 Å². The highest BCUT2D eigenvalue weighted by Gasteiger charge is 2.67. The van der Waals surface area contributed by atoms with Crippen LogP contribution in [0.4, 0.5) is 0 Å². The molecule has 0 saturated heterocycles. The van der Waals surface area contributed by atoms with E-state index in [1.54, 1.807) is 7.11 Å². The summed E-state index contributed by atoms with van der Waals surface area (Å²) in [5, 5.41) is 22.2. The average molecular weight is 444 g/mol. The third-order valence-corrected chi connectivity index (χ3v) is 11.5. The van der Waals surface area contributed by atoms with Crippen LogP contribution in [-0.4, -0.2) is 23.9 Å². The highest BCUT2D eigenvalue weighted by Crippen LogP contribution is 2.70. The Morgan fingerprint density at radius 3 is 2.44 bits per heavy atom. The predicted octanol–water partition coefficient (Wildman–Crippen LogP) is 6.99. The van der Waals surface area contributed by atoms with Gasteiger partial charge >= 0.3 is 0 Å². The first-order valence-corrected chi connectivity index (χ1v) is 13.8. The van der Waals surface area contributed by atoms with Gasteiger partial charge in [0, 0.05) is 18.9 Å². The molecule has 0 aromatic carbocycles. The van der Waals surface area contributed by atoms with Gasteiger partial charge < -0.3 is 9.84 Å². The smallest absolute Gasteiger partial charge is 0.0885 e. The maximum atomic E-state index is 12.0. The molecule has 4 aliphatic carbocycles. The molecule has 4 rings (SSSR count). The standard InChI is InChI=1S/C29H49NO2/c1-19(2)8-7-9-20(3)24-10-11-25-23-16-21(18-30)29(31)17-22(32-6)12-15-28(29,5)26(23)13-14-27(24,25)4/h19-26,31H,7-17H2,1-6H3/t20-,21+,22+,23+,24-,25+,26+,27-,28-,29+/m1/s1. The Morgan fingerprint density at radius 1 is 1.03 bits per heavy atom. The minimum Gasteiger partial charge on any atom is -0.388 e. The fourth-order valence-corrected chi connectivity index (χ4v) is 9.67. The van der Waals surface area contributed by atoms with Gasteiger partial charge in [0.25, 0.3) is 0 Å². The van der Waals surface area contributed by atoms with Crippen molar-refractivity contribution in [2.24, 2.45) is 52.3 Å². The van der Waals surface area contributed by atoms with E-state index in [1.165, 1.54) is 44.9 Å². The van der Waals surface area contributed by atoms with Crippen molar-refractivity contribution in [1.29, 1.82) is 5.26 Å². The van der Waals surface area contributed by atoms with Gasteiger partial charge in [-0.05, 0) is 85.9 Å². The van der Waals surface area contributed by atoms with E-state index in [0.29, 0.717) is 23.7 Å². The second-order valence-corrected chi connectivity index (χ2v) is 13.3. The van der Waals surface area contributed by atoms with E-state index in [1.807, 2.05) is 0 Å². The number of methoxy groups -OCH3 is 1. The fourth-order valence-electron chi connectivity index (χ4n) is 9.67. The molecule has 0 amide bonds. The summed E-state index contributed by atoms with van der Waals surface area (Å²) in [5.41, 5.74) is -0.612. The molecule has 0 aliphatic heterocycles. The van der Waals surface area contributed by atoms with E-state index in [-0.39, 0.29) is 17.4 Å². The number of aliphatic hydroxyl groups is 1. The first kappa shape index (κ1) is 24.5. The second-order valence-electron chi connectivity index (χ2n) is 13.3. The molecule has 0 spiro atoms. The SMILES string of the molecule is CO[C@H]1CC[C@]2(C)[C@H]3CC[C@]4(C)[C@@H]([C@H](C)CCCC(C)C)CC[C@H]4[C@@H]3C[C@@H](C#N)[C@@]2(O)C1. The van der Waals surface area contributed by atoms with E-state index in [4.69, 9.17) is 4.74 Å². The van der Waals surface area contributed by atoms with Crippen molar-refractivity contribution in [3.05, 3.63) is 0 Å². The van der Waals surface area contributed by atoms with Crippen LogP contribution in [0.2, 0.25) is 0 Å². The van der Waals surface area contributed by atoms with E-state index in [9.17, 15) is 10.4 Å². The monoisotopic (exact) mass is 443 g/mol. The van der Waals surface area contributed by atoms with Gasteiger partial charge in [-0.2, -0.15) is 5.26 Å². The van der Waals surface area contributed by atoms with Crippen molar-refractivity contribution in [2.45, 2.75) is 117 Å². The molecule has 0 aromatic heterocycles. The molecular formula is C29H49NO2. The fraction of sp³-hybridized carbons (Fsp3) is 0.966. The number of nitrogens with zero attached hydrogens (tertiary/aromatic N) is 1. The number of fused-ring (bicyclic) bond motifs is 5. The van der Waals surface area contributed by atoms with Crippen LogP contribution in [0.25, 0.3) is 0 Å². The van der Waals surface area contributed by atoms with Gasteiger partial charge in [0.2, 0.25) is 0 Å². The van der Waals surface area contributed by atoms with Gasteiger partial charge in [0.15, 0.2) is 0 Å². The quantitative estimate of drug-likeness (QED) is 0.481. The van der Waals surface area contributed by atoms with Crippen molar-refractivity contribution in [1.82, 2.24) is 0 Å². The summed E-state index contributed by atoms with van der Waals surface area (Å²) >= 11 is 0. The third-order valence-electron chi connectivity index (χ3n) is 11.5. The van der Waals surface area contributed by atoms with Gasteiger partial charge in [-0.3, -0.25) is 0 Å². The molecule has 0 unspecified atom stereocenters. The van der Waals surface area contributed by atoms with Crippen LogP contribution >= 0.6 is 0 Å². The molecule has 4 fully saturated rings. The predicted molar refractivity (Wildman–Crippen MR) is 130 cm³/mol. The van der Waals surface area contributed by atoms with Gasteiger partial charge in [-0.1, -0.05) is 53.9 Å². The summed E-state index contributed by atoms with van der Waals surface area (Å²) in [6.45, 7) is 12.2. The van der Waals surface area contributed by atoms with Crippen molar-refractivity contribution < 1.29 is 9.84 Å². The maximum Gasteiger partial charge on any atom is 0.0885 e. The van der Waals surface area contributed by atoms with Crippen molar-refractivity contribution in [3.8, 4) is 6.07 Å². The lowest BCUT2D eigenvalue weighted by molar-refractivity contribution is -0.239. The summed E-state index contributed by atoms with van der Waals surface area (Å²) in [5.74, 6) is 4.09. The first-order chi connectivity index (χ1) is 15.1. The molecular weight excluding hydrogens is 394 g/mol. The molecule has 4 aliphatic rings. The summed E-state index contributed by atoms with van der Waals surface area (Å²) < 4.78 is 5.68. The molecule has 10 atom stereocenters. The average Bonchev–Trinajstić information content (AvgIpc) is 3.10. The highest BCUT2D eigenvalue weighted by atomic mass is 16.5. The Bertz CT molecular complexity index is 714. The molecule has 32 heavy (non-hydrogen) atoms. The highest BCUT2D eigenvalue weighted by molar-refractivity contribution is 5.20. The Hall–Kier alpha value is -0.590. The Kier molecular flexibility index (Phi) is 6.81. The summed E-state index contributed by atoms with van der Waals surface area (Å²) in [4.78, 5) is 0. The number of hydrogen-bond donors (Lipinski definition) is 1. The van der Waals surface area contributed by atoms with Gasteiger partial charge in [0.1, 0.15) is 0 Å². The molecule has 1 N–H and O–H groups in total. The Morgan fingerprint density at radius 2 is 1.78 bits per heavy atom. The number of hydrogen-bond acceptors (Lipinski definition) is 3. The van der Waals surface area contributed by atoms with Crippen molar-refractivity contribution in [3.63, 3.8) is 0 Å². The summed E-state index contributed by atoms with van der Waals surface area (Å²) in [6, 6.07) is 2.61. The molecule has 0 heterocycles. The lowest BCUT2D eigenvalue weighted by Gasteiger charge is -2.65. The van der Waals surface area contributed by atoms with Crippen LogP contribution in [0, 0.1) is 63.6 Å². The number of nitriles is 1. The Labute approximate surface area is 197 Å². The van der Waals surface area contributed by atoms with E-state index in [2.05, 4.69) is 40.7 Å². The van der Waals surface area contributed by atoms with E-state index < -0.39 is 5.60 Å². The van der Waals surface area contributed by atoms with Crippen LogP contribution < -0.4 is 0 Å². The van der Waals surface area contributed by atoms with Gasteiger partial charge in [-0.25, -0.2) is 0 Å². The first-order valence-electron chi connectivity index (χ1n) is 13.8. The van der Waals surface area contributed by atoms with Crippen LogP contribution in [0.5, 0.6) is 0 Å². The normalized spacial score (nSPS) is 49.1. The number of rotatable bonds is 6. The van der Waals surface area contributed by atoms with Crippen molar-refractivity contribution >= 4 is 0 Å². The lowest BCUT2D eigenvalue weighted by Crippen LogP contribution is -2.66. The third kappa shape index (κ3) is 3.67. The minimum atomic E-state index is -0.891. The van der Waals surface area contributed by atoms with Gasteiger partial charge in [-0.15, -0.1) is 0 Å². The molecule has 3 nitrogen and oxygen atoms in total. The van der Waals surface area contributed by atoms with Crippen LogP contribution in [0.1, 0.15) is 105 Å². The molecule has 182 valence electrons. The molecule has 3 heteroatoms. The lowest BCUT2D eigenvalue weighted by atomic mass is 9.41. The van der Waals surface area contributed by atoms with E-state index >= 15 is 0 Å². The second kappa shape index (κ2) is 8.88. The zero-order valence-corrected chi connectivity index (χ0v) is 21.7. The topological polar surface area (TPSA) is 53.2 Å². The minimum absolute atomic E-state index is 0.0943. The van der Waals surface area contributed by atoms with Crippen molar-refractivity contribution in [2.75, 3.05) is 7.11 Å². The number of ether oxygens (including phenoxy) is 1. The zero-order valence-electron chi connectivity index (χ0n) is 21.7. The Balaban J connectivity index is 1.56. The largest absolute Gasteiger partial charge is 0.388 e. The van der Waals surface area contributed by atoms with Crippen LogP contribution in [-0.2, 0) is 4.74 Å².